The molecule has 10 heteroatoms. The molecule has 0 unspecified atom stereocenters. The summed E-state index contributed by atoms with van der Waals surface area (Å²) < 4.78 is 42.4. The number of aryl methyl sites for hydroxylation is 1. The maximum absolute atomic E-state index is 13.1. The van der Waals surface area contributed by atoms with E-state index in [-0.39, 0.29) is 11.7 Å². The number of fused-ring (bicyclic) bond motifs is 2. The van der Waals surface area contributed by atoms with Crippen LogP contribution in [0.25, 0.3) is 16.6 Å². The van der Waals surface area contributed by atoms with Crippen LogP contribution in [0, 0.1) is 0 Å². The second-order valence-electron chi connectivity index (χ2n) is 8.23. The Bertz CT molecular complexity index is 1250. The number of hydrogen-bond donors (Lipinski definition) is 2. The highest BCUT2D eigenvalue weighted by Crippen LogP contribution is 2.38. The van der Waals surface area contributed by atoms with Crippen LogP contribution in [0.1, 0.15) is 37.1 Å². The van der Waals surface area contributed by atoms with E-state index in [2.05, 4.69) is 20.4 Å². The lowest BCUT2D eigenvalue weighted by molar-refractivity contribution is -0.140. The first-order valence-electron chi connectivity index (χ1n) is 10.1. The van der Waals surface area contributed by atoms with E-state index >= 15 is 0 Å². The van der Waals surface area contributed by atoms with Gasteiger partial charge in [0.05, 0.1) is 16.7 Å². The highest BCUT2D eigenvalue weighted by Gasteiger charge is 2.37. The normalized spacial score (nSPS) is 22.3. The summed E-state index contributed by atoms with van der Waals surface area (Å²) >= 11 is 0. The van der Waals surface area contributed by atoms with Crippen molar-refractivity contribution in [3.63, 3.8) is 0 Å². The van der Waals surface area contributed by atoms with E-state index in [1.807, 2.05) is 19.3 Å². The van der Waals surface area contributed by atoms with E-state index in [1.54, 1.807) is 29.1 Å². The van der Waals surface area contributed by atoms with Crippen LogP contribution in [-0.4, -0.2) is 30.2 Å². The molecule has 0 aliphatic heterocycles. The van der Waals surface area contributed by atoms with Crippen molar-refractivity contribution in [1.29, 1.82) is 0 Å². The minimum atomic E-state index is -4.48. The molecule has 4 aromatic heterocycles. The van der Waals surface area contributed by atoms with E-state index in [0.29, 0.717) is 18.7 Å². The number of halogens is 3. The van der Waals surface area contributed by atoms with Crippen molar-refractivity contribution in [2.75, 3.05) is 5.32 Å². The number of alkyl halides is 3. The van der Waals surface area contributed by atoms with Crippen LogP contribution in [-0.2, 0) is 18.8 Å². The third-order valence-electron chi connectivity index (χ3n) is 6.03. The number of imidazole rings is 1. The number of anilines is 1. The van der Waals surface area contributed by atoms with Crippen molar-refractivity contribution < 1.29 is 13.2 Å². The Labute approximate surface area is 176 Å². The Morgan fingerprint density at radius 3 is 2.68 bits per heavy atom. The van der Waals surface area contributed by atoms with E-state index in [9.17, 15) is 13.2 Å². The average Bonchev–Trinajstić information content (AvgIpc) is 3.32. The summed E-state index contributed by atoms with van der Waals surface area (Å²) in [5, 5.41) is 8.78. The summed E-state index contributed by atoms with van der Waals surface area (Å²) in [5.41, 5.74) is 7.29. The Balaban J connectivity index is 1.36. The molecule has 4 heterocycles. The highest BCUT2D eigenvalue weighted by molar-refractivity contribution is 5.81. The molecule has 0 saturated heterocycles. The molecule has 0 radical (unpaired) electrons. The Kier molecular flexibility index (Phi) is 4.44. The first-order valence-corrected chi connectivity index (χ1v) is 10.1. The maximum atomic E-state index is 13.1. The molecule has 1 aliphatic rings. The van der Waals surface area contributed by atoms with Crippen LogP contribution >= 0.6 is 0 Å². The Hall–Kier alpha value is -3.14. The van der Waals surface area contributed by atoms with Gasteiger partial charge in [-0.25, -0.2) is 4.98 Å². The number of nitrogens with zero attached hydrogens (tertiary/aromatic N) is 5. The summed E-state index contributed by atoms with van der Waals surface area (Å²) in [4.78, 5) is 8.27. The molecule has 162 valence electrons. The van der Waals surface area contributed by atoms with Gasteiger partial charge in [0, 0.05) is 37.1 Å². The van der Waals surface area contributed by atoms with Gasteiger partial charge in [-0.1, -0.05) is 6.07 Å². The number of rotatable bonds is 3. The number of nitrogens with two attached hydrogens (primary N) is 1. The van der Waals surface area contributed by atoms with Gasteiger partial charge in [0.15, 0.2) is 5.69 Å². The fourth-order valence-corrected chi connectivity index (χ4v) is 4.45. The van der Waals surface area contributed by atoms with Crippen LogP contribution in [0.15, 0.2) is 42.9 Å². The van der Waals surface area contributed by atoms with Crippen molar-refractivity contribution >= 4 is 22.4 Å². The van der Waals surface area contributed by atoms with Crippen molar-refractivity contribution in [2.24, 2.45) is 12.8 Å². The first kappa shape index (κ1) is 19.8. The van der Waals surface area contributed by atoms with Crippen LogP contribution in [0.4, 0.5) is 19.0 Å². The average molecular weight is 429 g/mol. The molecule has 3 N–H and O–H groups in total. The molecule has 1 fully saturated rings. The molecule has 1 saturated carbocycles. The molecule has 4 aromatic rings. The smallest absolute Gasteiger partial charge is 0.368 e. The summed E-state index contributed by atoms with van der Waals surface area (Å²) in [5.74, 6) is 0.586. The summed E-state index contributed by atoms with van der Waals surface area (Å²) in [6.45, 7) is 0. The number of aromatic nitrogens is 5. The van der Waals surface area contributed by atoms with Crippen molar-refractivity contribution in [3.05, 3.63) is 54.2 Å². The molecule has 7 nitrogen and oxygen atoms in total. The first-order chi connectivity index (χ1) is 14.7. The van der Waals surface area contributed by atoms with Gasteiger partial charge in [-0.2, -0.15) is 18.3 Å². The van der Waals surface area contributed by atoms with Crippen molar-refractivity contribution in [2.45, 2.75) is 43.4 Å². The largest absolute Gasteiger partial charge is 0.434 e. The van der Waals surface area contributed by atoms with Crippen molar-refractivity contribution in [1.82, 2.24) is 24.1 Å². The van der Waals surface area contributed by atoms with Crippen LogP contribution in [0.3, 0.4) is 0 Å². The lowest BCUT2D eigenvalue weighted by Crippen LogP contribution is -2.44. The summed E-state index contributed by atoms with van der Waals surface area (Å²) in [6.07, 6.45) is 3.18. The third kappa shape index (κ3) is 3.50. The van der Waals surface area contributed by atoms with E-state index < -0.39 is 17.4 Å². The van der Waals surface area contributed by atoms with E-state index in [1.165, 1.54) is 4.40 Å². The minimum Gasteiger partial charge on any atom is -0.368 e. The van der Waals surface area contributed by atoms with Gasteiger partial charge in [-0.05, 0) is 43.9 Å². The van der Waals surface area contributed by atoms with Crippen LogP contribution in [0.5, 0.6) is 0 Å². The fourth-order valence-electron chi connectivity index (χ4n) is 4.45. The Morgan fingerprint density at radius 1 is 1.16 bits per heavy atom. The zero-order valence-electron chi connectivity index (χ0n) is 16.9. The summed E-state index contributed by atoms with van der Waals surface area (Å²) in [7, 11) is 1.87. The van der Waals surface area contributed by atoms with Gasteiger partial charge in [-0.3, -0.25) is 14.1 Å². The summed E-state index contributed by atoms with van der Waals surface area (Å²) in [6, 6.07) is 6.99. The molecule has 31 heavy (non-hydrogen) atoms. The zero-order chi connectivity index (χ0) is 21.8. The quantitative estimate of drug-likeness (QED) is 0.517. The molecule has 0 atom stereocenters. The van der Waals surface area contributed by atoms with Crippen molar-refractivity contribution in [3.8, 4) is 0 Å². The van der Waals surface area contributed by atoms with Gasteiger partial charge < -0.3 is 11.1 Å². The molecule has 0 spiro atoms. The second kappa shape index (κ2) is 6.94. The number of pyridine rings is 2. The lowest BCUT2D eigenvalue weighted by Gasteiger charge is -2.37. The predicted molar refractivity (Wildman–Crippen MR) is 110 cm³/mol. The Morgan fingerprint density at radius 2 is 1.94 bits per heavy atom. The molecular formula is C21H22F3N7. The minimum absolute atomic E-state index is 0.0899. The van der Waals surface area contributed by atoms with E-state index in [0.717, 1.165) is 35.6 Å². The zero-order valence-corrected chi connectivity index (χ0v) is 16.9. The molecule has 0 aromatic carbocycles. The second-order valence-corrected chi connectivity index (χ2v) is 8.23. The van der Waals surface area contributed by atoms with Crippen LogP contribution in [0.2, 0.25) is 0 Å². The molecular weight excluding hydrogens is 407 g/mol. The van der Waals surface area contributed by atoms with E-state index in [4.69, 9.17) is 5.73 Å². The lowest BCUT2D eigenvalue weighted by atomic mass is 9.77. The molecule has 0 amide bonds. The molecule has 5 rings (SSSR count). The predicted octanol–water partition coefficient (Wildman–Crippen LogP) is 3.84. The highest BCUT2D eigenvalue weighted by atomic mass is 19.4. The van der Waals surface area contributed by atoms with Crippen LogP contribution < -0.4 is 11.1 Å². The standard InChI is InChI=1S/C21H22F3N7/c1-30-11-14-15(29-30)7-10-26-19(14)20(25)8-5-13(6-9-20)27-17-3-2-4-18-28-16(12-31(17)18)21(22,23)24/h2-4,7,10-13,27H,5-6,8-9,25H2,1H3. The fraction of sp³-hybridized carbons (Fsp3) is 0.381. The topological polar surface area (TPSA) is 86.1 Å². The van der Waals surface area contributed by atoms with Gasteiger partial charge in [0.2, 0.25) is 0 Å². The molecule has 1 aliphatic carbocycles. The monoisotopic (exact) mass is 429 g/mol. The van der Waals surface area contributed by atoms with Gasteiger partial charge in [0.1, 0.15) is 11.5 Å². The van der Waals surface area contributed by atoms with Gasteiger partial charge in [-0.15, -0.1) is 0 Å². The maximum Gasteiger partial charge on any atom is 0.434 e. The SMILES string of the molecule is Cn1cc2c(C3(N)CCC(Nc4cccc5nc(C(F)(F)F)cn45)CC3)nccc2n1. The van der Waals surface area contributed by atoms with Gasteiger partial charge >= 0.3 is 6.18 Å². The molecule has 0 bridgehead atoms. The number of hydrogen-bond acceptors (Lipinski definition) is 5. The number of nitrogens with one attached hydrogen (secondary N) is 1. The third-order valence-corrected chi connectivity index (χ3v) is 6.03. The van der Waals surface area contributed by atoms with Gasteiger partial charge in [0.25, 0.3) is 0 Å².